The lowest BCUT2D eigenvalue weighted by atomic mass is 10.3. The van der Waals surface area contributed by atoms with Crippen LogP contribution in [-0.2, 0) is 4.79 Å². The fraction of sp³-hybridized carbons (Fsp3) is 0.300. The van der Waals surface area contributed by atoms with Crippen molar-refractivity contribution in [3.05, 3.63) is 18.2 Å². The lowest BCUT2D eigenvalue weighted by Gasteiger charge is -2.14. The Kier molecular flexibility index (Phi) is 3.85. The van der Waals surface area contributed by atoms with E-state index < -0.39 is 0 Å². The lowest BCUT2D eigenvalue weighted by Crippen LogP contribution is -2.27. The molecule has 82 valence electrons. The minimum atomic E-state index is -0.0666. The molecule has 1 atom stereocenters. The van der Waals surface area contributed by atoms with Crippen molar-refractivity contribution in [3.63, 3.8) is 0 Å². The van der Waals surface area contributed by atoms with Gasteiger partial charge in [0, 0.05) is 18.3 Å². The monoisotopic (exact) mass is 225 g/mol. The van der Waals surface area contributed by atoms with Crippen molar-refractivity contribution < 1.29 is 4.79 Å². The predicted molar refractivity (Wildman–Crippen MR) is 64.4 cm³/mol. The summed E-state index contributed by atoms with van der Waals surface area (Å²) >= 11 is 1.44. The maximum absolute atomic E-state index is 10.8. The van der Waals surface area contributed by atoms with Crippen molar-refractivity contribution in [2.45, 2.75) is 24.1 Å². The van der Waals surface area contributed by atoms with Crippen LogP contribution in [0.4, 0.5) is 11.4 Å². The molecule has 0 aromatic heterocycles. The van der Waals surface area contributed by atoms with Gasteiger partial charge in [0.05, 0.1) is 10.3 Å². The highest BCUT2D eigenvalue weighted by Gasteiger charge is 2.10. The third kappa shape index (κ3) is 3.36. The van der Waals surface area contributed by atoms with Crippen molar-refractivity contribution in [1.82, 2.24) is 5.32 Å². The van der Waals surface area contributed by atoms with Gasteiger partial charge in [-0.05, 0) is 19.1 Å². The molecule has 0 saturated carbocycles. The van der Waals surface area contributed by atoms with Gasteiger partial charge in [0.25, 0.3) is 0 Å². The molecule has 1 rings (SSSR count). The molecule has 0 aliphatic rings. The number of thioether (sulfide) groups is 1. The number of amides is 1. The predicted octanol–water partition coefficient (Wildman–Crippen LogP) is 1.43. The van der Waals surface area contributed by atoms with Crippen LogP contribution in [0.2, 0.25) is 0 Å². The number of nitrogen functional groups attached to an aromatic ring is 2. The average Bonchev–Trinajstić information content (AvgIpc) is 2.10. The first kappa shape index (κ1) is 11.7. The topological polar surface area (TPSA) is 81.1 Å². The number of anilines is 2. The zero-order valence-electron chi connectivity index (χ0n) is 8.78. The van der Waals surface area contributed by atoms with Gasteiger partial charge in [-0.25, -0.2) is 0 Å². The molecule has 0 heterocycles. The Bertz CT molecular complexity index is 347. The summed E-state index contributed by atoms with van der Waals surface area (Å²) in [7, 11) is 0. The van der Waals surface area contributed by atoms with Gasteiger partial charge in [-0.3, -0.25) is 4.79 Å². The van der Waals surface area contributed by atoms with Crippen LogP contribution in [-0.4, -0.2) is 11.3 Å². The largest absolute Gasteiger partial charge is 0.398 e. The summed E-state index contributed by atoms with van der Waals surface area (Å²) in [5, 5.41) is 2.71. The zero-order valence-corrected chi connectivity index (χ0v) is 9.60. The van der Waals surface area contributed by atoms with Gasteiger partial charge < -0.3 is 16.8 Å². The van der Waals surface area contributed by atoms with Gasteiger partial charge in [0.1, 0.15) is 0 Å². The zero-order chi connectivity index (χ0) is 11.4. The first-order valence-corrected chi connectivity index (χ1v) is 5.46. The Hall–Kier alpha value is -1.36. The Morgan fingerprint density at radius 2 is 1.93 bits per heavy atom. The van der Waals surface area contributed by atoms with Crippen LogP contribution in [0, 0.1) is 0 Å². The molecular weight excluding hydrogens is 210 g/mol. The molecule has 0 spiro atoms. The van der Waals surface area contributed by atoms with Crippen LogP contribution in [0.25, 0.3) is 0 Å². The second-order valence-electron chi connectivity index (χ2n) is 3.23. The molecule has 0 fully saturated rings. The summed E-state index contributed by atoms with van der Waals surface area (Å²) in [6.07, 6.45) is 0. The minimum absolute atomic E-state index is 0.0468. The van der Waals surface area contributed by atoms with E-state index >= 15 is 0 Å². The summed E-state index contributed by atoms with van der Waals surface area (Å²) in [6.45, 7) is 3.37. The molecule has 1 unspecified atom stereocenters. The Balaban J connectivity index is 2.76. The number of carbonyl (C=O) groups excluding carboxylic acids is 1. The van der Waals surface area contributed by atoms with E-state index in [9.17, 15) is 4.79 Å². The third-order valence-electron chi connectivity index (χ3n) is 1.78. The Labute approximate surface area is 93.4 Å². The molecule has 0 bridgehead atoms. The van der Waals surface area contributed by atoms with Crippen LogP contribution in [0.5, 0.6) is 0 Å². The molecule has 0 saturated heterocycles. The smallest absolute Gasteiger partial charge is 0.217 e. The quantitative estimate of drug-likeness (QED) is 0.413. The SMILES string of the molecule is CC(=O)NC(C)Sc1c(N)cccc1N. The van der Waals surface area contributed by atoms with E-state index in [-0.39, 0.29) is 11.3 Å². The molecule has 1 amide bonds. The normalized spacial score (nSPS) is 12.1. The number of rotatable bonds is 3. The highest BCUT2D eigenvalue weighted by molar-refractivity contribution is 8.00. The molecule has 15 heavy (non-hydrogen) atoms. The van der Waals surface area contributed by atoms with E-state index in [1.54, 1.807) is 18.2 Å². The first-order valence-electron chi connectivity index (χ1n) is 4.58. The van der Waals surface area contributed by atoms with Crippen LogP contribution < -0.4 is 16.8 Å². The molecular formula is C10H15N3OS. The van der Waals surface area contributed by atoms with Crippen molar-refractivity contribution in [2.75, 3.05) is 11.5 Å². The summed E-state index contributed by atoms with van der Waals surface area (Å²) in [5.41, 5.74) is 12.8. The summed E-state index contributed by atoms with van der Waals surface area (Å²) in [5.74, 6) is -0.0666. The first-order chi connectivity index (χ1) is 7.00. The number of hydrogen-bond acceptors (Lipinski definition) is 4. The number of nitrogens with one attached hydrogen (secondary N) is 1. The van der Waals surface area contributed by atoms with Crippen LogP contribution >= 0.6 is 11.8 Å². The summed E-state index contributed by atoms with van der Waals surface area (Å²) < 4.78 is 0. The number of hydrogen-bond donors (Lipinski definition) is 3. The second kappa shape index (κ2) is 4.93. The van der Waals surface area contributed by atoms with Crippen molar-refractivity contribution in [1.29, 1.82) is 0 Å². The molecule has 0 radical (unpaired) electrons. The fourth-order valence-electron chi connectivity index (χ4n) is 1.20. The molecule has 0 aliphatic heterocycles. The van der Waals surface area contributed by atoms with E-state index in [2.05, 4.69) is 5.32 Å². The van der Waals surface area contributed by atoms with Crippen LogP contribution in [0.1, 0.15) is 13.8 Å². The maximum atomic E-state index is 10.8. The van der Waals surface area contributed by atoms with Gasteiger partial charge in [-0.1, -0.05) is 17.8 Å². The van der Waals surface area contributed by atoms with Gasteiger partial charge in [-0.2, -0.15) is 0 Å². The number of benzene rings is 1. The van der Waals surface area contributed by atoms with E-state index in [0.717, 1.165) is 4.90 Å². The highest BCUT2D eigenvalue weighted by atomic mass is 32.2. The van der Waals surface area contributed by atoms with Crippen molar-refractivity contribution in [3.8, 4) is 0 Å². The van der Waals surface area contributed by atoms with Crippen molar-refractivity contribution >= 4 is 29.0 Å². The molecule has 1 aromatic carbocycles. The maximum Gasteiger partial charge on any atom is 0.217 e. The van der Waals surface area contributed by atoms with Gasteiger partial charge in [0.15, 0.2) is 0 Å². The van der Waals surface area contributed by atoms with Gasteiger partial charge in [0.2, 0.25) is 5.91 Å². The summed E-state index contributed by atoms with van der Waals surface area (Å²) in [4.78, 5) is 11.6. The standard InChI is InChI=1S/C10H15N3OS/c1-6(14)13-7(2)15-10-8(11)4-3-5-9(10)12/h3-5,7H,11-12H2,1-2H3,(H,13,14). The molecule has 5 N–H and O–H groups in total. The average molecular weight is 225 g/mol. The van der Waals surface area contributed by atoms with Crippen molar-refractivity contribution in [2.24, 2.45) is 0 Å². The Morgan fingerprint density at radius 1 is 1.40 bits per heavy atom. The second-order valence-corrected chi connectivity index (χ2v) is 4.58. The lowest BCUT2D eigenvalue weighted by molar-refractivity contribution is -0.119. The van der Waals surface area contributed by atoms with E-state index in [1.165, 1.54) is 18.7 Å². The summed E-state index contributed by atoms with van der Waals surface area (Å²) in [6, 6.07) is 5.39. The van der Waals surface area contributed by atoms with E-state index in [0.29, 0.717) is 11.4 Å². The van der Waals surface area contributed by atoms with E-state index in [1.807, 2.05) is 6.92 Å². The molecule has 4 nitrogen and oxygen atoms in total. The van der Waals surface area contributed by atoms with Crippen LogP contribution in [0.3, 0.4) is 0 Å². The van der Waals surface area contributed by atoms with Gasteiger partial charge in [-0.15, -0.1) is 0 Å². The number of nitrogens with two attached hydrogens (primary N) is 2. The Morgan fingerprint density at radius 3 is 2.40 bits per heavy atom. The van der Waals surface area contributed by atoms with E-state index in [4.69, 9.17) is 11.5 Å². The number of carbonyl (C=O) groups is 1. The molecule has 1 aromatic rings. The molecule has 5 heteroatoms. The highest BCUT2D eigenvalue weighted by Crippen LogP contribution is 2.32. The van der Waals surface area contributed by atoms with Gasteiger partial charge >= 0.3 is 0 Å². The molecule has 0 aliphatic carbocycles. The fourth-order valence-corrected chi connectivity index (χ4v) is 2.19. The minimum Gasteiger partial charge on any atom is -0.398 e. The van der Waals surface area contributed by atoms with Crippen LogP contribution in [0.15, 0.2) is 23.1 Å². The third-order valence-corrected chi connectivity index (χ3v) is 2.96.